The van der Waals surface area contributed by atoms with E-state index in [1.807, 2.05) is 0 Å². The minimum Gasteiger partial charge on any atom is -0.506 e. The van der Waals surface area contributed by atoms with E-state index in [1.165, 1.54) is 21.3 Å². The number of aliphatic imine (C=N–C) groups is 1. The van der Waals surface area contributed by atoms with Gasteiger partial charge in [-0.2, -0.15) is 0 Å². The van der Waals surface area contributed by atoms with E-state index in [4.69, 9.17) is 18.9 Å². The fraction of sp³-hybridized carbons (Fsp3) is 0.350. The van der Waals surface area contributed by atoms with E-state index in [1.54, 1.807) is 32.1 Å². The molecule has 0 saturated heterocycles. The van der Waals surface area contributed by atoms with Crippen molar-refractivity contribution >= 4 is 34.8 Å². The van der Waals surface area contributed by atoms with E-state index in [0.717, 1.165) is 11.8 Å². The van der Waals surface area contributed by atoms with Gasteiger partial charge in [0.2, 0.25) is 5.91 Å². The molecule has 0 spiro atoms. The van der Waals surface area contributed by atoms with Gasteiger partial charge < -0.3 is 24.1 Å². The summed E-state index contributed by atoms with van der Waals surface area (Å²) in [5, 5.41) is 10.8. The third-order valence-electron chi connectivity index (χ3n) is 3.92. The van der Waals surface area contributed by atoms with Crippen LogP contribution in [0.15, 0.2) is 33.4 Å². The van der Waals surface area contributed by atoms with Crippen LogP contribution in [0.4, 0.5) is 0 Å². The van der Waals surface area contributed by atoms with Gasteiger partial charge in [-0.15, -0.1) is 0 Å². The number of hydrogen-bond acceptors (Lipinski definition) is 8. The lowest BCUT2D eigenvalue weighted by Crippen LogP contribution is -2.14. The van der Waals surface area contributed by atoms with Crippen LogP contribution in [0.1, 0.15) is 25.8 Å². The summed E-state index contributed by atoms with van der Waals surface area (Å²) in [6.07, 6.45) is 1.78. The number of amides is 1. The molecule has 0 aromatic heterocycles. The Morgan fingerprint density at radius 2 is 1.69 bits per heavy atom. The Hall–Kier alpha value is -2.94. The van der Waals surface area contributed by atoms with Crippen molar-refractivity contribution in [1.82, 2.24) is 0 Å². The highest BCUT2D eigenvalue weighted by Gasteiger charge is 2.34. The van der Waals surface area contributed by atoms with Gasteiger partial charge in [0, 0.05) is 18.1 Å². The Bertz CT molecular complexity index is 902. The molecule has 2 rings (SSSR count). The Balaban J connectivity index is 2.59. The highest BCUT2D eigenvalue weighted by atomic mass is 32.2. The first-order chi connectivity index (χ1) is 13.9. The zero-order chi connectivity index (χ0) is 21.6. The number of carbonyl (C=O) groups excluding carboxylic acids is 2. The molecule has 9 heteroatoms. The van der Waals surface area contributed by atoms with Crippen molar-refractivity contribution in [2.45, 2.75) is 20.3 Å². The van der Waals surface area contributed by atoms with Crippen LogP contribution >= 0.6 is 11.8 Å². The lowest BCUT2D eigenvalue weighted by molar-refractivity contribution is -0.138. The van der Waals surface area contributed by atoms with Gasteiger partial charge >= 0.3 is 5.97 Å². The minimum absolute atomic E-state index is 0.0958. The van der Waals surface area contributed by atoms with E-state index >= 15 is 0 Å². The average Bonchev–Trinajstić information content (AvgIpc) is 3.02. The van der Waals surface area contributed by atoms with Crippen molar-refractivity contribution in [3.63, 3.8) is 0 Å². The molecule has 1 amide bonds. The first-order valence-electron chi connectivity index (χ1n) is 8.82. The van der Waals surface area contributed by atoms with E-state index in [9.17, 15) is 14.7 Å². The van der Waals surface area contributed by atoms with E-state index in [-0.39, 0.29) is 29.4 Å². The van der Waals surface area contributed by atoms with Crippen LogP contribution in [0.3, 0.4) is 0 Å². The summed E-state index contributed by atoms with van der Waals surface area (Å²) in [6, 6.07) is 3.32. The standard InChI is InChI=1S/C20H23NO7S/c1-6-16(22)21-19-17(20(24)28-7-2)18(23)15(29-19)9-11-8-13(26-4)14(27-5)10-12(11)25-3/h8-10,23H,6-7H2,1-5H3/b15-9-,21-19?. The van der Waals surface area contributed by atoms with Crippen LogP contribution in [0, 0.1) is 0 Å². The molecule has 0 radical (unpaired) electrons. The van der Waals surface area contributed by atoms with Crippen molar-refractivity contribution in [1.29, 1.82) is 0 Å². The third kappa shape index (κ3) is 4.92. The molecular weight excluding hydrogens is 398 g/mol. The first-order valence-corrected chi connectivity index (χ1v) is 9.63. The van der Waals surface area contributed by atoms with Gasteiger partial charge in [-0.1, -0.05) is 18.7 Å². The molecule has 8 nitrogen and oxygen atoms in total. The predicted molar refractivity (Wildman–Crippen MR) is 111 cm³/mol. The lowest BCUT2D eigenvalue weighted by Gasteiger charge is -2.12. The van der Waals surface area contributed by atoms with Gasteiger partial charge in [0.15, 0.2) is 11.5 Å². The van der Waals surface area contributed by atoms with Crippen LogP contribution in [0.2, 0.25) is 0 Å². The molecule has 0 aliphatic carbocycles. The molecule has 0 atom stereocenters. The van der Waals surface area contributed by atoms with Crippen LogP contribution in [0.25, 0.3) is 6.08 Å². The Morgan fingerprint density at radius 3 is 2.24 bits per heavy atom. The quantitative estimate of drug-likeness (QED) is 0.667. The van der Waals surface area contributed by atoms with Crippen LogP contribution < -0.4 is 14.2 Å². The number of methoxy groups -OCH3 is 3. The second-order valence-corrected chi connectivity index (χ2v) is 6.70. The highest BCUT2D eigenvalue weighted by molar-refractivity contribution is 8.18. The molecule has 1 N–H and O–H groups in total. The number of carbonyl (C=O) groups is 2. The van der Waals surface area contributed by atoms with Crippen molar-refractivity contribution in [3.8, 4) is 17.2 Å². The Morgan fingerprint density at radius 1 is 1.07 bits per heavy atom. The van der Waals surface area contributed by atoms with Gasteiger partial charge in [0.25, 0.3) is 0 Å². The topological polar surface area (TPSA) is 104 Å². The maximum atomic E-state index is 12.3. The second kappa shape index (κ2) is 10.0. The smallest absolute Gasteiger partial charge is 0.344 e. The first kappa shape index (κ1) is 22.4. The zero-order valence-corrected chi connectivity index (χ0v) is 17.7. The van der Waals surface area contributed by atoms with Gasteiger partial charge in [-0.25, -0.2) is 9.79 Å². The van der Waals surface area contributed by atoms with Gasteiger partial charge in [0.1, 0.15) is 22.1 Å². The fourth-order valence-electron chi connectivity index (χ4n) is 2.49. The van der Waals surface area contributed by atoms with Gasteiger partial charge in [-0.3, -0.25) is 4.79 Å². The number of esters is 1. The van der Waals surface area contributed by atoms with Crippen LogP contribution in [-0.2, 0) is 14.3 Å². The lowest BCUT2D eigenvalue weighted by atomic mass is 10.1. The molecule has 29 heavy (non-hydrogen) atoms. The fourth-order valence-corrected chi connectivity index (χ4v) is 3.51. The molecule has 1 heterocycles. The number of nitrogens with zero attached hydrogens (tertiary/aromatic N) is 1. The predicted octanol–water partition coefficient (Wildman–Crippen LogP) is 3.51. The molecule has 0 fully saturated rings. The van der Waals surface area contributed by atoms with E-state index in [0.29, 0.717) is 27.7 Å². The van der Waals surface area contributed by atoms with Crippen LogP contribution in [-0.4, -0.2) is 50.0 Å². The number of ether oxygens (including phenoxy) is 4. The van der Waals surface area contributed by atoms with Crippen molar-refractivity contribution in [3.05, 3.63) is 33.9 Å². The van der Waals surface area contributed by atoms with E-state index < -0.39 is 11.9 Å². The van der Waals surface area contributed by atoms with Crippen molar-refractivity contribution in [2.75, 3.05) is 27.9 Å². The Kier molecular flexibility index (Phi) is 7.72. The second-order valence-electron chi connectivity index (χ2n) is 5.67. The average molecular weight is 421 g/mol. The summed E-state index contributed by atoms with van der Waals surface area (Å²) in [6.45, 7) is 3.43. The monoisotopic (exact) mass is 421 g/mol. The molecule has 1 aromatic carbocycles. The molecule has 0 saturated carbocycles. The number of hydrogen-bond donors (Lipinski definition) is 1. The largest absolute Gasteiger partial charge is 0.506 e. The summed E-state index contributed by atoms with van der Waals surface area (Å²) in [4.78, 5) is 28.4. The molecule has 1 aromatic rings. The molecule has 0 bridgehead atoms. The SMILES string of the molecule is CCOC(=O)C1=C(O)/C(=C/c2cc(OC)c(OC)cc2OC)SC1=NC(=O)CC. The van der Waals surface area contributed by atoms with Crippen molar-refractivity contribution in [2.24, 2.45) is 4.99 Å². The van der Waals surface area contributed by atoms with Gasteiger partial charge in [-0.05, 0) is 19.1 Å². The maximum absolute atomic E-state index is 12.3. The molecule has 156 valence electrons. The summed E-state index contributed by atoms with van der Waals surface area (Å²) in [5.74, 6) is -0.0558. The number of aliphatic hydroxyl groups is 1. The summed E-state index contributed by atoms with van der Waals surface area (Å²) >= 11 is 1.000. The summed E-state index contributed by atoms with van der Waals surface area (Å²) in [7, 11) is 4.51. The Labute approximate surface area is 173 Å². The number of aliphatic hydroxyl groups excluding tert-OH is 1. The van der Waals surface area contributed by atoms with Gasteiger partial charge in [0.05, 0.1) is 32.8 Å². The number of benzene rings is 1. The summed E-state index contributed by atoms with van der Waals surface area (Å²) < 4.78 is 21.0. The summed E-state index contributed by atoms with van der Waals surface area (Å²) in [5.41, 5.74) is 0.440. The minimum atomic E-state index is -0.747. The molecular formula is C20H23NO7S. The molecule has 1 aliphatic rings. The van der Waals surface area contributed by atoms with E-state index in [2.05, 4.69) is 4.99 Å². The maximum Gasteiger partial charge on any atom is 0.344 e. The molecule has 1 aliphatic heterocycles. The third-order valence-corrected chi connectivity index (χ3v) is 4.94. The number of thioether (sulfide) groups is 1. The van der Waals surface area contributed by atoms with Crippen LogP contribution in [0.5, 0.6) is 17.2 Å². The number of rotatable bonds is 7. The molecule has 0 unspecified atom stereocenters. The normalized spacial score (nSPS) is 16.3. The zero-order valence-electron chi connectivity index (χ0n) is 16.9. The highest BCUT2D eigenvalue weighted by Crippen LogP contribution is 2.42. The van der Waals surface area contributed by atoms with Crippen molar-refractivity contribution < 1.29 is 33.6 Å².